The van der Waals surface area contributed by atoms with E-state index in [-0.39, 0.29) is 5.69 Å². The minimum atomic E-state index is -0.616. The summed E-state index contributed by atoms with van der Waals surface area (Å²) < 4.78 is 0. The van der Waals surface area contributed by atoms with E-state index in [4.69, 9.17) is 0 Å². The molecule has 23 heavy (non-hydrogen) atoms. The summed E-state index contributed by atoms with van der Waals surface area (Å²) in [5, 5.41) is 21.5. The first-order valence-electron chi connectivity index (χ1n) is 8.36. The van der Waals surface area contributed by atoms with Gasteiger partial charge in [-0.3, -0.25) is 10.1 Å². The second-order valence-corrected chi connectivity index (χ2v) is 6.68. The fraction of sp³-hybridized carbons (Fsp3) is 0.688. The number of rotatable bonds is 4. The van der Waals surface area contributed by atoms with E-state index in [1.54, 1.807) is 6.07 Å². The number of nitro groups is 1. The lowest BCUT2D eigenvalue weighted by Crippen LogP contribution is -2.52. The molecule has 1 N–H and O–H groups in total. The van der Waals surface area contributed by atoms with Crippen LogP contribution in [0.4, 0.5) is 11.5 Å². The summed E-state index contributed by atoms with van der Waals surface area (Å²) in [7, 11) is 0. The molecule has 0 radical (unpaired) electrons. The first-order chi connectivity index (χ1) is 11.1. The van der Waals surface area contributed by atoms with E-state index in [0.717, 1.165) is 38.5 Å². The minimum Gasteiger partial charge on any atom is -0.388 e. The van der Waals surface area contributed by atoms with E-state index in [1.165, 1.54) is 31.5 Å². The molecule has 7 nitrogen and oxygen atoms in total. The summed E-state index contributed by atoms with van der Waals surface area (Å²) >= 11 is 0. The van der Waals surface area contributed by atoms with Crippen LogP contribution in [-0.2, 0) is 0 Å². The van der Waals surface area contributed by atoms with Gasteiger partial charge in [-0.1, -0.05) is 6.42 Å². The Kier molecular flexibility index (Phi) is 4.77. The zero-order chi connectivity index (χ0) is 16.3. The third kappa shape index (κ3) is 3.97. The van der Waals surface area contributed by atoms with Gasteiger partial charge in [0.25, 0.3) is 5.69 Å². The van der Waals surface area contributed by atoms with E-state index in [1.807, 2.05) is 0 Å². The fourth-order valence-electron chi connectivity index (χ4n) is 3.52. The number of aliphatic hydroxyl groups is 1. The Hall–Kier alpha value is -1.73. The monoisotopic (exact) mass is 320 g/mol. The van der Waals surface area contributed by atoms with Crippen molar-refractivity contribution in [1.29, 1.82) is 0 Å². The van der Waals surface area contributed by atoms with Gasteiger partial charge in [0.1, 0.15) is 12.0 Å². The molecule has 3 rings (SSSR count). The number of likely N-dealkylation sites (tertiary alicyclic amines) is 1. The number of pyridine rings is 1. The van der Waals surface area contributed by atoms with Crippen LogP contribution in [0.2, 0.25) is 0 Å². The highest BCUT2D eigenvalue weighted by atomic mass is 16.6. The van der Waals surface area contributed by atoms with Gasteiger partial charge < -0.3 is 14.9 Å². The Morgan fingerprint density at radius 3 is 2.43 bits per heavy atom. The van der Waals surface area contributed by atoms with E-state index < -0.39 is 10.5 Å². The van der Waals surface area contributed by atoms with E-state index >= 15 is 0 Å². The molecule has 0 aliphatic carbocycles. The molecule has 0 spiro atoms. The van der Waals surface area contributed by atoms with Crippen molar-refractivity contribution < 1.29 is 10.0 Å². The van der Waals surface area contributed by atoms with Crippen LogP contribution < -0.4 is 4.90 Å². The highest BCUT2D eigenvalue weighted by Crippen LogP contribution is 2.27. The van der Waals surface area contributed by atoms with Crippen LogP contribution in [0.15, 0.2) is 18.3 Å². The zero-order valence-electron chi connectivity index (χ0n) is 13.4. The molecule has 2 saturated heterocycles. The van der Waals surface area contributed by atoms with Crippen molar-refractivity contribution in [2.45, 2.75) is 37.7 Å². The van der Waals surface area contributed by atoms with Crippen LogP contribution in [0.5, 0.6) is 0 Å². The first kappa shape index (κ1) is 16.1. The predicted molar refractivity (Wildman–Crippen MR) is 87.6 cm³/mol. The van der Waals surface area contributed by atoms with Gasteiger partial charge in [-0.05, 0) is 44.8 Å². The molecule has 126 valence electrons. The molecule has 7 heteroatoms. The Labute approximate surface area is 136 Å². The van der Waals surface area contributed by atoms with Gasteiger partial charge in [0.15, 0.2) is 0 Å². The molecule has 0 unspecified atom stereocenters. The smallest absolute Gasteiger partial charge is 0.287 e. The van der Waals surface area contributed by atoms with E-state index in [0.29, 0.717) is 12.8 Å². The first-order valence-corrected chi connectivity index (χ1v) is 8.36. The van der Waals surface area contributed by atoms with Gasteiger partial charge in [0, 0.05) is 25.7 Å². The van der Waals surface area contributed by atoms with Crippen molar-refractivity contribution in [1.82, 2.24) is 9.88 Å². The minimum absolute atomic E-state index is 0.00682. The summed E-state index contributed by atoms with van der Waals surface area (Å²) in [6.45, 7) is 4.41. The van der Waals surface area contributed by atoms with E-state index in [9.17, 15) is 15.2 Å². The van der Waals surface area contributed by atoms with Crippen LogP contribution in [0, 0.1) is 10.1 Å². The van der Waals surface area contributed by atoms with Crippen LogP contribution in [-0.4, -0.2) is 58.2 Å². The Morgan fingerprint density at radius 2 is 1.87 bits per heavy atom. The third-order valence-electron chi connectivity index (χ3n) is 4.93. The van der Waals surface area contributed by atoms with Crippen molar-refractivity contribution in [2.24, 2.45) is 0 Å². The number of β-amino-alcohol motifs (C(OH)–C–C–N with tert-alkyl or cyclic N) is 1. The maximum atomic E-state index is 10.8. The van der Waals surface area contributed by atoms with Gasteiger partial charge in [-0.15, -0.1) is 0 Å². The molecule has 0 atom stereocenters. The van der Waals surface area contributed by atoms with Crippen LogP contribution in [0.3, 0.4) is 0 Å². The van der Waals surface area contributed by atoms with Crippen molar-refractivity contribution in [3.63, 3.8) is 0 Å². The van der Waals surface area contributed by atoms with Crippen molar-refractivity contribution in [3.05, 3.63) is 28.4 Å². The van der Waals surface area contributed by atoms with Gasteiger partial charge in [-0.25, -0.2) is 4.98 Å². The molecule has 1 aromatic heterocycles. The van der Waals surface area contributed by atoms with Gasteiger partial charge in [0.2, 0.25) is 0 Å². The lowest BCUT2D eigenvalue weighted by Gasteiger charge is -2.42. The molecule has 0 amide bonds. The molecule has 1 aromatic rings. The third-order valence-corrected chi connectivity index (χ3v) is 4.93. The number of anilines is 1. The standard InChI is InChI=1S/C16H24N4O3/c21-16(13-18-8-2-1-3-9-18)6-10-19(11-7-16)15-5-4-14(12-17-15)20(22)23/h4-5,12,21H,1-3,6-11,13H2. The average Bonchev–Trinajstić information content (AvgIpc) is 2.56. The Balaban J connectivity index is 1.55. The highest BCUT2D eigenvalue weighted by Gasteiger charge is 2.34. The molecule has 0 aromatic carbocycles. The number of nitrogens with zero attached hydrogens (tertiary/aromatic N) is 4. The maximum Gasteiger partial charge on any atom is 0.287 e. The molecule has 2 aliphatic heterocycles. The maximum absolute atomic E-state index is 10.8. The molecule has 0 saturated carbocycles. The zero-order valence-corrected chi connectivity index (χ0v) is 13.4. The largest absolute Gasteiger partial charge is 0.388 e. The normalized spacial score (nSPS) is 22.0. The summed E-state index contributed by atoms with van der Waals surface area (Å²) in [6, 6.07) is 3.17. The van der Waals surface area contributed by atoms with Crippen molar-refractivity contribution in [3.8, 4) is 0 Å². The number of piperidine rings is 2. The fourth-order valence-corrected chi connectivity index (χ4v) is 3.52. The topological polar surface area (TPSA) is 82.7 Å². The molecular formula is C16H24N4O3. The lowest BCUT2D eigenvalue weighted by atomic mass is 9.90. The summed E-state index contributed by atoms with van der Waals surface area (Å²) in [5.74, 6) is 0.746. The molecular weight excluding hydrogens is 296 g/mol. The van der Waals surface area contributed by atoms with Gasteiger partial charge in [0.05, 0.1) is 10.5 Å². The lowest BCUT2D eigenvalue weighted by molar-refractivity contribution is -0.385. The van der Waals surface area contributed by atoms with Crippen LogP contribution in [0.25, 0.3) is 0 Å². The van der Waals surface area contributed by atoms with Crippen LogP contribution >= 0.6 is 0 Å². The number of aromatic nitrogens is 1. The van der Waals surface area contributed by atoms with Crippen LogP contribution in [0.1, 0.15) is 32.1 Å². The number of hydrogen-bond acceptors (Lipinski definition) is 6. The van der Waals surface area contributed by atoms with Crippen molar-refractivity contribution in [2.75, 3.05) is 37.6 Å². The summed E-state index contributed by atoms with van der Waals surface area (Å²) in [6.07, 6.45) is 6.48. The van der Waals surface area contributed by atoms with Gasteiger partial charge in [-0.2, -0.15) is 0 Å². The SMILES string of the molecule is O=[N+]([O-])c1ccc(N2CCC(O)(CN3CCCCC3)CC2)nc1. The highest BCUT2D eigenvalue weighted by molar-refractivity contribution is 5.43. The summed E-state index contributed by atoms with van der Waals surface area (Å²) in [4.78, 5) is 18.9. The molecule has 0 bridgehead atoms. The van der Waals surface area contributed by atoms with Gasteiger partial charge >= 0.3 is 0 Å². The van der Waals surface area contributed by atoms with Crippen molar-refractivity contribution >= 4 is 11.5 Å². The Morgan fingerprint density at radius 1 is 1.17 bits per heavy atom. The van der Waals surface area contributed by atoms with E-state index in [2.05, 4.69) is 14.8 Å². The average molecular weight is 320 g/mol. The molecule has 2 aliphatic rings. The molecule has 2 fully saturated rings. The number of hydrogen-bond donors (Lipinski definition) is 1. The molecule has 3 heterocycles. The quantitative estimate of drug-likeness (QED) is 0.673. The Bertz CT molecular complexity index is 535. The second-order valence-electron chi connectivity index (χ2n) is 6.68. The predicted octanol–water partition coefficient (Wildman–Crippen LogP) is 1.81. The summed E-state index contributed by atoms with van der Waals surface area (Å²) in [5.41, 5.74) is -0.610. The second kappa shape index (κ2) is 6.80.